The van der Waals surface area contributed by atoms with Crippen molar-refractivity contribution < 1.29 is 9.63 Å². The number of para-hydroxylation sites is 1. The Morgan fingerprint density at radius 2 is 1.90 bits per heavy atom. The Hall–Kier alpha value is -2.34. The molecule has 6 heteroatoms. The van der Waals surface area contributed by atoms with Crippen molar-refractivity contribution in [3.63, 3.8) is 0 Å². The van der Waals surface area contributed by atoms with Gasteiger partial charge >= 0.3 is 0 Å². The van der Waals surface area contributed by atoms with Crippen LogP contribution in [0.5, 0.6) is 5.75 Å². The summed E-state index contributed by atoms with van der Waals surface area (Å²) in [6.07, 6.45) is 0.525. The molecule has 3 aromatic rings. The molecule has 0 aliphatic carbocycles. The van der Waals surface area contributed by atoms with Crippen LogP contribution < -0.4 is 5.73 Å². The molecule has 0 aliphatic heterocycles. The summed E-state index contributed by atoms with van der Waals surface area (Å²) in [4.78, 5) is 4.36. The first-order valence-corrected chi connectivity index (χ1v) is 7.07. The van der Waals surface area contributed by atoms with E-state index < -0.39 is 0 Å². The highest BCUT2D eigenvalue weighted by Gasteiger charge is 2.13. The van der Waals surface area contributed by atoms with E-state index in [1.165, 1.54) is 0 Å². The number of rotatable bonds is 3. The summed E-state index contributed by atoms with van der Waals surface area (Å²) in [5.74, 6) is 1.19. The quantitative estimate of drug-likeness (QED) is 0.710. The SMILES string of the molecule is Nc1c(Br)cccc1-c1nc(Cc2ccc(O)cc2)no1. The van der Waals surface area contributed by atoms with E-state index in [1.807, 2.05) is 30.3 Å². The Kier molecular flexibility index (Phi) is 3.62. The van der Waals surface area contributed by atoms with Crippen LogP contribution >= 0.6 is 15.9 Å². The Morgan fingerprint density at radius 3 is 2.67 bits per heavy atom. The van der Waals surface area contributed by atoms with Crippen LogP contribution in [0.4, 0.5) is 5.69 Å². The molecule has 0 saturated heterocycles. The predicted molar refractivity (Wildman–Crippen MR) is 82.8 cm³/mol. The van der Waals surface area contributed by atoms with Gasteiger partial charge < -0.3 is 15.4 Å². The van der Waals surface area contributed by atoms with Crippen molar-refractivity contribution in [2.75, 3.05) is 5.73 Å². The Labute approximate surface area is 129 Å². The average molecular weight is 346 g/mol. The number of hydrogen-bond donors (Lipinski definition) is 2. The van der Waals surface area contributed by atoms with Crippen molar-refractivity contribution >= 4 is 21.6 Å². The van der Waals surface area contributed by atoms with Gasteiger partial charge in [-0.15, -0.1) is 0 Å². The van der Waals surface area contributed by atoms with Gasteiger partial charge in [0.15, 0.2) is 5.82 Å². The van der Waals surface area contributed by atoms with Gasteiger partial charge in [-0.3, -0.25) is 0 Å². The lowest BCUT2D eigenvalue weighted by atomic mass is 10.1. The molecule has 2 aromatic carbocycles. The maximum Gasteiger partial charge on any atom is 0.260 e. The Balaban J connectivity index is 1.86. The number of phenolic OH excluding ortho intramolecular Hbond substituents is 1. The minimum Gasteiger partial charge on any atom is -0.508 e. The third kappa shape index (κ3) is 2.90. The summed E-state index contributed by atoms with van der Waals surface area (Å²) in [6.45, 7) is 0. The van der Waals surface area contributed by atoms with E-state index in [0.717, 1.165) is 10.0 Å². The van der Waals surface area contributed by atoms with Gasteiger partial charge in [0.2, 0.25) is 0 Å². The molecule has 0 saturated carbocycles. The molecule has 5 nitrogen and oxygen atoms in total. The second-order valence-electron chi connectivity index (χ2n) is 4.56. The number of aromatic hydroxyl groups is 1. The predicted octanol–water partition coefficient (Wildman–Crippen LogP) is 3.38. The Morgan fingerprint density at radius 1 is 1.14 bits per heavy atom. The molecule has 0 atom stereocenters. The minimum absolute atomic E-state index is 0.231. The highest BCUT2D eigenvalue weighted by molar-refractivity contribution is 9.10. The maximum absolute atomic E-state index is 9.26. The van der Waals surface area contributed by atoms with Crippen LogP contribution in [0.1, 0.15) is 11.4 Å². The first-order valence-electron chi connectivity index (χ1n) is 6.28. The maximum atomic E-state index is 9.26. The van der Waals surface area contributed by atoms with E-state index >= 15 is 0 Å². The Bertz CT molecular complexity index is 769. The fraction of sp³-hybridized carbons (Fsp3) is 0.0667. The van der Waals surface area contributed by atoms with Crippen molar-refractivity contribution in [2.24, 2.45) is 0 Å². The van der Waals surface area contributed by atoms with E-state index in [4.69, 9.17) is 10.3 Å². The molecule has 0 spiro atoms. The molecule has 0 amide bonds. The van der Waals surface area contributed by atoms with Gasteiger partial charge in [-0.2, -0.15) is 4.98 Å². The van der Waals surface area contributed by atoms with Crippen LogP contribution in [0, 0.1) is 0 Å². The summed E-state index contributed by atoms with van der Waals surface area (Å²) >= 11 is 3.37. The second kappa shape index (κ2) is 5.57. The van der Waals surface area contributed by atoms with Crippen LogP contribution in [0.15, 0.2) is 51.5 Å². The van der Waals surface area contributed by atoms with Crippen molar-refractivity contribution in [3.8, 4) is 17.2 Å². The largest absolute Gasteiger partial charge is 0.508 e. The number of nitrogens with zero attached hydrogens (tertiary/aromatic N) is 2. The number of aromatic nitrogens is 2. The molecule has 21 heavy (non-hydrogen) atoms. The zero-order chi connectivity index (χ0) is 14.8. The van der Waals surface area contributed by atoms with E-state index in [2.05, 4.69) is 26.1 Å². The van der Waals surface area contributed by atoms with Gasteiger partial charge in [-0.05, 0) is 45.8 Å². The topological polar surface area (TPSA) is 85.2 Å². The molecule has 3 rings (SSSR count). The molecule has 3 N–H and O–H groups in total. The molecule has 0 aliphatic rings. The summed E-state index contributed by atoms with van der Waals surface area (Å²) in [5.41, 5.74) is 8.25. The van der Waals surface area contributed by atoms with Gasteiger partial charge in [-0.25, -0.2) is 0 Å². The third-order valence-corrected chi connectivity index (χ3v) is 3.74. The van der Waals surface area contributed by atoms with Gasteiger partial charge in [0.1, 0.15) is 5.75 Å². The van der Waals surface area contributed by atoms with Crippen LogP contribution in [0.2, 0.25) is 0 Å². The van der Waals surface area contributed by atoms with E-state index in [9.17, 15) is 5.11 Å². The summed E-state index contributed by atoms with van der Waals surface area (Å²) < 4.78 is 6.06. The van der Waals surface area contributed by atoms with Gasteiger partial charge in [0.25, 0.3) is 5.89 Å². The highest BCUT2D eigenvalue weighted by atomic mass is 79.9. The molecule has 0 bridgehead atoms. The monoisotopic (exact) mass is 345 g/mol. The highest BCUT2D eigenvalue weighted by Crippen LogP contribution is 2.30. The molecule has 0 fully saturated rings. The number of hydrogen-bond acceptors (Lipinski definition) is 5. The summed E-state index contributed by atoms with van der Waals surface area (Å²) in [6, 6.07) is 12.4. The smallest absolute Gasteiger partial charge is 0.260 e. The summed E-state index contributed by atoms with van der Waals surface area (Å²) in [7, 11) is 0. The standard InChI is InChI=1S/C15H12BrN3O2/c16-12-3-1-2-11(14(12)17)15-18-13(19-21-15)8-9-4-6-10(20)7-5-9/h1-7,20H,8,17H2. The first kappa shape index (κ1) is 13.6. The fourth-order valence-corrected chi connectivity index (χ4v) is 2.32. The molecule has 1 heterocycles. The number of anilines is 1. The fourth-order valence-electron chi connectivity index (χ4n) is 1.96. The number of nitrogen functional groups attached to an aromatic ring is 1. The van der Waals surface area contributed by atoms with Gasteiger partial charge in [0.05, 0.1) is 11.3 Å². The lowest BCUT2D eigenvalue weighted by Crippen LogP contribution is -1.93. The van der Waals surface area contributed by atoms with Crippen LogP contribution in [0.25, 0.3) is 11.5 Å². The zero-order valence-corrected chi connectivity index (χ0v) is 12.5. The van der Waals surface area contributed by atoms with E-state index in [0.29, 0.717) is 29.4 Å². The van der Waals surface area contributed by atoms with Crippen molar-refractivity contribution in [1.29, 1.82) is 0 Å². The molecular formula is C15H12BrN3O2. The van der Waals surface area contributed by atoms with Gasteiger partial charge in [-0.1, -0.05) is 23.4 Å². The number of nitrogens with two attached hydrogens (primary N) is 1. The zero-order valence-electron chi connectivity index (χ0n) is 11.0. The van der Waals surface area contributed by atoms with Crippen molar-refractivity contribution in [1.82, 2.24) is 10.1 Å². The number of benzene rings is 2. The second-order valence-corrected chi connectivity index (χ2v) is 5.41. The third-order valence-electron chi connectivity index (χ3n) is 3.05. The van der Waals surface area contributed by atoms with Gasteiger partial charge in [0, 0.05) is 10.9 Å². The number of phenols is 1. The summed E-state index contributed by atoms with van der Waals surface area (Å²) in [5, 5.41) is 13.2. The lowest BCUT2D eigenvalue weighted by Gasteiger charge is -2.01. The van der Waals surface area contributed by atoms with Crippen LogP contribution in [-0.4, -0.2) is 15.2 Å². The van der Waals surface area contributed by atoms with Crippen molar-refractivity contribution in [3.05, 3.63) is 58.3 Å². The number of halogens is 1. The first-order chi connectivity index (χ1) is 10.1. The molecule has 0 unspecified atom stereocenters. The molecule has 106 valence electrons. The lowest BCUT2D eigenvalue weighted by molar-refractivity contribution is 0.424. The molecular weight excluding hydrogens is 334 g/mol. The van der Waals surface area contributed by atoms with Crippen LogP contribution in [0.3, 0.4) is 0 Å². The molecule has 0 radical (unpaired) electrons. The minimum atomic E-state index is 0.231. The molecule has 1 aromatic heterocycles. The average Bonchev–Trinajstić information content (AvgIpc) is 2.93. The van der Waals surface area contributed by atoms with E-state index in [-0.39, 0.29) is 5.75 Å². The van der Waals surface area contributed by atoms with E-state index in [1.54, 1.807) is 12.1 Å². The van der Waals surface area contributed by atoms with Crippen LogP contribution in [-0.2, 0) is 6.42 Å². The normalized spacial score (nSPS) is 10.7. The van der Waals surface area contributed by atoms with Crippen molar-refractivity contribution in [2.45, 2.75) is 6.42 Å².